The zero-order valence-electron chi connectivity index (χ0n) is 11.3. The lowest BCUT2D eigenvalue weighted by Gasteiger charge is -2.24. The van der Waals surface area contributed by atoms with Crippen LogP contribution in [0.4, 0.5) is 18.9 Å². The maximum absolute atomic E-state index is 13.0. The van der Waals surface area contributed by atoms with E-state index in [0.29, 0.717) is 0 Å². The Labute approximate surface area is 110 Å². The molecule has 1 aromatic carbocycles. The molecule has 0 spiro atoms. The molecule has 0 aliphatic heterocycles. The Morgan fingerprint density at radius 1 is 1.16 bits per heavy atom. The average Bonchev–Trinajstić information content (AvgIpc) is 2.23. The number of carbonyl (C=O) groups excluding carboxylic acids is 1. The standard InChI is InChI=1S/C13H17F3N2O/c1-7(12(19)18-13(2,3)4)17-8-5-9(14)11(16)10(15)6-8/h5-7,17H,1-4H3,(H,18,19). The molecular weight excluding hydrogens is 257 g/mol. The summed E-state index contributed by atoms with van der Waals surface area (Å²) in [5.74, 6) is -4.45. The van der Waals surface area contributed by atoms with Crippen LogP contribution in [-0.2, 0) is 4.79 Å². The highest BCUT2D eigenvalue weighted by Gasteiger charge is 2.20. The van der Waals surface area contributed by atoms with E-state index in [4.69, 9.17) is 0 Å². The molecule has 0 fully saturated rings. The highest BCUT2D eigenvalue weighted by Crippen LogP contribution is 2.18. The molecule has 1 amide bonds. The highest BCUT2D eigenvalue weighted by molar-refractivity contribution is 5.84. The molecule has 2 N–H and O–H groups in total. The monoisotopic (exact) mass is 274 g/mol. The van der Waals surface area contributed by atoms with Gasteiger partial charge in [0.25, 0.3) is 0 Å². The van der Waals surface area contributed by atoms with Crippen LogP contribution in [0.2, 0.25) is 0 Å². The van der Waals surface area contributed by atoms with Crippen LogP contribution in [0, 0.1) is 17.5 Å². The third-order valence-corrected chi connectivity index (χ3v) is 2.26. The van der Waals surface area contributed by atoms with Crippen molar-refractivity contribution < 1.29 is 18.0 Å². The van der Waals surface area contributed by atoms with Gasteiger partial charge >= 0.3 is 0 Å². The summed E-state index contributed by atoms with van der Waals surface area (Å²) in [6, 6.07) is 0.905. The van der Waals surface area contributed by atoms with Crippen LogP contribution in [-0.4, -0.2) is 17.5 Å². The molecule has 106 valence electrons. The van der Waals surface area contributed by atoms with Crippen molar-refractivity contribution in [2.45, 2.75) is 39.3 Å². The Morgan fingerprint density at radius 3 is 2.05 bits per heavy atom. The second-order valence-corrected chi connectivity index (χ2v) is 5.36. The van der Waals surface area contributed by atoms with Gasteiger partial charge in [-0.15, -0.1) is 0 Å². The lowest BCUT2D eigenvalue weighted by molar-refractivity contribution is -0.122. The first kappa shape index (κ1) is 15.3. The Kier molecular flexibility index (Phi) is 4.44. The molecule has 1 rings (SSSR count). The molecule has 0 aliphatic rings. The van der Waals surface area contributed by atoms with E-state index in [1.54, 1.807) is 6.92 Å². The molecular formula is C13H17F3N2O. The lowest BCUT2D eigenvalue weighted by Crippen LogP contribution is -2.47. The van der Waals surface area contributed by atoms with E-state index in [0.717, 1.165) is 12.1 Å². The summed E-state index contributed by atoms with van der Waals surface area (Å²) in [7, 11) is 0. The lowest BCUT2D eigenvalue weighted by atomic mass is 10.1. The number of anilines is 1. The van der Waals surface area contributed by atoms with E-state index in [-0.39, 0.29) is 11.6 Å². The first-order valence-corrected chi connectivity index (χ1v) is 5.83. The molecule has 1 aromatic rings. The summed E-state index contributed by atoms with van der Waals surface area (Å²) >= 11 is 0. The Bertz CT molecular complexity index is 460. The van der Waals surface area contributed by atoms with Crippen LogP contribution in [0.25, 0.3) is 0 Å². The quantitative estimate of drug-likeness (QED) is 0.832. The van der Waals surface area contributed by atoms with Gasteiger partial charge in [0.15, 0.2) is 17.5 Å². The molecule has 1 unspecified atom stereocenters. The second-order valence-electron chi connectivity index (χ2n) is 5.36. The third kappa shape index (κ3) is 4.46. The van der Waals surface area contributed by atoms with Crippen LogP contribution in [0.15, 0.2) is 12.1 Å². The fourth-order valence-corrected chi connectivity index (χ4v) is 1.43. The van der Waals surface area contributed by atoms with Gasteiger partial charge in [0, 0.05) is 23.4 Å². The molecule has 3 nitrogen and oxygen atoms in total. The van der Waals surface area contributed by atoms with Crippen molar-refractivity contribution in [3.8, 4) is 0 Å². The third-order valence-electron chi connectivity index (χ3n) is 2.26. The van der Waals surface area contributed by atoms with Crippen molar-refractivity contribution in [1.29, 1.82) is 0 Å². The minimum absolute atomic E-state index is 0.00737. The molecule has 0 bridgehead atoms. The number of halogens is 3. The topological polar surface area (TPSA) is 41.1 Å². The van der Waals surface area contributed by atoms with Crippen LogP contribution in [0.5, 0.6) is 0 Å². The van der Waals surface area contributed by atoms with Crippen LogP contribution in [0.3, 0.4) is 0 Å². The number of hydrogen-bond acceptors (Lipinski definition) is 2. The SMILES string of the molecule is CC(Nc1cc(F)c(F)c(F)c1)C(=O)NC(C)(C)C. The maximum Gasteiger partial charge on any atom is 0.242 e. The normalized spacial score (nSPS) is 13.0. The van der Waals surface area contributed by atoms with Gasteiger partial charge in [0.2, 0.25) is 5.91 Å². The van der Waals surface area contributed by atoms with Crippen LogP contribution >= 0.6 is 0 Å². The van der Waals surface area contributed by atoms with Crippen LogP contribution < -0.4 is 10.6 Å². The van der Waals surface area contributed by atoms with Gasteiger partial charge in [-0.25, -0.2) is 13.2 Å². The average molecular weight is 274 g/mol. The zero-order valence-corrected chi connectivity index (χ0v) is 11.3. The first-order valence-electron chi connectivity index (χ1n) is 5.83. The molecule has 0 saturated heterocycles. The zero-order chi connectivity index (χ0) is 14.8. The number of amides is 1. The molecule has 0 aromatic heterocycles. The molecule has 0 saturated carbocycles. The number of benzene rings is 1. The molecule has 0 heterocycles. The van der Waals surface area contributed by atoms with E-state index in [2.05, 4.69) is 10.6 Å². The van der Waals surface area contributed by atoms with Crippen LogP contribution in [0.1, 0.15) is 27.7 Å². The first-order chi connectivity index (χ1) is 8.60. The summed E-state index contributed by atoms with van der Waals surface area (Å²) in [6.07, 6.45) is 0. The predicted octanol–water partition coefficient (Wildman–Crippen LogP) is 2.82. The van der Waals surface area contributed by atoms with Crippen molar-refractivity contribution in [1.82, 2.24) is 5.32 Å². The van der Waals surface area contributed by atoms with Crippen molar-refractivity contribution in [3.63, 3.8) is 0 Å². The Balaban J connectivity index is 2.77. The van der Waals surface area contributed by atoms with E-state index in [1.165, 1.54) is 0 Å². The van der Waals surface area contributed by atoms with Crippen molar-refractivity contribution in [2.75, 3.05) is 5.32 Å². The van der Waals surface area contributed by atoms with Gasteiger partial charge in [-0.05, 0) is 27.7 Å². The van der Waals surface area contributed by atoms with E-state index in [1.807, 2.05) is 20.8 Å². The molecule has 0 radical (unpaired) electrons. The fraction of sp³-hybridized carbons (Fsp3) is 0.462. The predicted molar refractivity (Wildman–Crippen MR) is 67.3 cm³/mol. The number of rotatable bonds is 3. The van der Waals surface area contributed by atoms with Gasteiger partial charge in [-0.1, -0.05) is 0 Å². The minimum atomic E-state index is -1.53. The van der Waals surface area contributed by atoms with Crippen molar-refractivity contribution in [2.24, 2.45) is 0 Å². The van der Waals surface area contributed by atoms with E-state index >= 15 is 0 Å². The maximum atomic E-state index is 13.0. The van der Waals surface area contributed by atoms with Gasteiger partial charge < -0.3 is 10.6 Å². The summed E-state index contributed by atoms with van der Waals surface area (Å²) in [5, 5.41) is 5.33. The van der Waals surface area contributed by atoms with Crippen molar-refractivity contribution in [3.05, 3.63) is 29.6 Å². The number of hydrogen-bond donors (Lipinski definition) is 2. The largest absolute Gasteiger partial charge is 0.374 e. The molecule has 6 heteroatoms. The summed E-state index contributed by atoms with van der Waals surface area (Å²) in [4.78, 5) is 11.8. The molecule has 19 heavy (non-hydrogen) atoms. The number of nitrogens with one attached hydrogen (secondary N) is 2. The summed E-state index contributed by atoms with van der Waals surface area (Å²) in [5.41, 5.74) is -0.403. The van der Waals surface area contributed by atoms with Gasteiger partial charge in [-0.3, -0.25) is 4.79 Å². The molecule has 1 atom stereocenters. The van der Waals surface area contributed by atoms with Gasteiger partial charge in [0.1, 0.15) is 6.04 Å². The fourth-order valence-electron chi connectivity index (χ4n) is 1.43. The second kappa shape index (κ2) is 5.50. The van der Waals surface area contributed by atoms with Gasteiger partial charge in [0.05, 0.1) is 0 Å². The Morgan fingerprint density at radius 2 is 1.63 bits per heavy atom. The van der Waals surface area contributed by atoms with E-state index < -0.39 is 29.0 Å². The molecule has 0 aliphatic carbocycles. The highest BCUT2D eigenvalue weighted by atomic mass is 19.2. The summed E-state index contributed by atoms with van der Waals surface area (Å²) < 4.78 is 38.8. The Hall–Kier alpha value is -1.72. The summed E-state index contributed by atoms with van der Waals surface area (Å²) in [6.45, 7) is 6.98. The van der Waals surface area contributed by atoms with Crippen molar-refractivity contribution >= 4 is 11.6 Å². The minimum Gasteiger partial charge on any atom is -0.374 e. The number of carbonyl (C=O) groups is 1. The van der Waals surface area contributed by atoms with E-state index in [9.17, 15) is 18.0 Å². The van der Waals surface area contributed by atoms with Gasteiger partial charge in [-0.2, -0.15) is 0 Å². The smallest absolute Gasteiger partial charge is 0.242 e.